The Hall–Kier alpha value is -2.31. The monoisotopic (exact) mass is 329 g/mol. The van der Waals surface area contributed by atoms with E-state index in [1.165, 1.54) is 24.3 Å². The second kappa shape index (κ2) is 8.36. The summed E-state index contributed by atoms with van der Waals surface area (Å²) < 4.78 is 38.9. The molecule has 1 amide bonds. The van der Waals surface area contributed by atoms with Crippen LogP contribution in [0, 0.1) is 0 Å². The van der Waals surface area contributed by atoms with Crippen molar-refractivity contribution in [2.24, 2.45) is 0 Å². The summed E-state index contributed by atoms with van der Waals surface area (Å²) in [6.45, 7) is 3.47. The van der Waals surface area contributed by atoms with Crippen LogP contribution >= 0.6 is 0 Å². The molecule has 0 radical (unpaired) electrons. The normalized spacial score (nSPS) is 12.5. The largest absolute Gasteiger partial charge is 0.481 e. The molecular formula is C16H18F3NO3. The molecule has 0 saturated carbocycles. The zero-order chi connectivity index (χ0) is 17.5. The van der Waals surface area contributed by atoms with Gasteiger partial charge in [0.15, 0.2) is 0 Å². The first kappa shape index (κ1) is 18.7. The molecule has 4 nitrogen and oxygen atoms in total. The number of nitrogens with one attached hydrogen (secondary N) is 1. The van der Waals surface area contributed by atoms with Gasteiger partial charge in [0, 0.05) is 12.5 Å². The van der Waals surface area contributed by atoms with Gasteiger partial charge in [-0.1, -0.05) is 24.3 Å². The summed E-state index contributed by atoms with van der Waals surface area (Å²) in [6.07, 6.45) is -3.14. The van der Waals surface area contributed by atoms with Crippen LogP contribution in [-0.4, -0.2) is 23.0 Å². The van der Waals surface area contributed by atoms with Crippen LogP contribution in [0.25, 0.3) is 0 Å². The molecule has 0 aromatic heterocycles. The van der Waals surface area contributed by atoms with E-state index in [0.717, 1.165) is 6.07 Å². The Bertz CT molecular complexity index is 570. The summed E-state index contributed by atoms with van der Waals surface area (Å²) in [5, 5.41) is 11.4. The average molecular weight is 329 g/mol. The minimum absolute atomic E-state index is 0.0460. The fraction of sp³-hybridized carbons (Fsp3) is 0.375. The second-order valence-electron chi connectivity index (χ2n) is 5.05. The SMILES string of the molecule is C=CCCC(=O)N[C@@H](CC(=O)O)Cc1ccccc1C(F)(F)F. The lowest BCUT2D eigenvalue weighted by Gasteiger charge is -2.19. The molecule has 0 spiro atoms. The Morgan fingerprint density at radius 2 is 1.96 bits per heavy atom. The van der Waals surface area contributed by atoms with Crippen LogP contribution in [0.5, 0.6) is 0 Å². The molecular weight excluding hydrogens is 311 g/mol. The van der Waals surface area contributed by atoms with Crippen LogP contribution in [0.2, 0.25) is 0 Å². The molecule has 1 rings (SSSR count). The number of allylic oxidation sites excluding steroid dienone is 1. The summed E-state index contributed by atoms with van der Waals surface area (Å²) >= 11 is 0. The number of hydrogen-bond acceptors (Lipinski definition) is 2. The first-order valence-corrected chi connectivity index (χ1v) is 7.01. The van der Waals surface area contributed by atoms with Crippen molar-refractivity contribution in [3.05, 3.63) is 48.0 Å². The number of rotatable bonds is 8. The third-order valence-corrected chi connectivity index (χ3v) is 3.15. The van der Waals surface area contributed by atoms with Gasteiger partial charge in [0.2, 0.25) is 5.91 Å². The highest BCUT2D eigenvalue weighted by Gasteiger charge is 2.33. The number of carbonyl (C=O) groups excluding carboxylic acids is 1. The number of aliphatic carboxylic acids is 1. The summed E-state index contributed by atoms with van der Waals surface area (Å²) in [5.74, 6) is -1.61. The third-order valence-electron chi connectivity index (χ3n) is 3.15. The van der Waals surface area contributed by atoms with Gasteiger partial charge in [-0.3, -0.25) is 9.59 Å². The van der Waals surface area contributed by atoms with E-state index >= 15 is 0 Å². The lowest BCUT2D eigenvalue weighted by Crippen LogP contribution is -2.38. The highest BCUT2D eigenvalue weighted by molar-refractivity contribution is 5.77. The molecule has 2 N–H and O–H groups in total. The summed E-state index contributed by atoms with van der Waals surface area (Å²) in [4.78, 5) is 22.6. The van der Waals surface area contributed by atoms with Gasteiger partial charge in [-0.25, -0.2) is 0 Å². The smallest absolute Gasteiger partial charge is 0.416 e. The van der Waals surface area contributed by atoms with Gasteiger partial charge in [-0.05, 0) is 24.5 Å². The van der Waals surface area contributed by atoms with Crippen LogP contribution < -0.4 is 5.32 Å². The van der Waals surface area contributed by atoms with Crippen molar-refractivity contribution in [3.63, 3.8) is 0 Å². The number of benzene rings is 1. The van der Waals surface area contributed by atoms with Crippen molar-refractivity contribution in [1.82, 2.24) is 5.32 Å². The number of hydrogen-bond donors (Lipinski definition) is 2. The molecule has 0 aliphatic heterocycles. The Morgan fingerprint density at radius 3 is 2.52 bits per heavy atom. The van der Waals surface area contributed by atoms with Crippen molar-refractivity contribution in [2.75, 3.05) is 0 Å². The topological polar surface area (TPSA) is 66.4 Å². The first-order chi connectivity index (χ1) is 10.7. The highest BCUT2D eigenvalue weighted by Crippen LogP contribution is 2.32. The van der Waals surface area contributed by atoms with E-state index in [4.69, 9.17) is 5.11 Å². The molecule has 7 heteroatoms. The lowest BCUT2D eigenvalue weighted by atomic mass is 9.98. The molecule has 0 unspecified atom stereocenters. The zero-order valence-electron chi connectivity index (χ0n) is 12.4. The Balaban J connectivity index is 2.91. The van der Waals surface area contributed by atoms with Crippen LogP contribution in [0.4, 0.5) is 13.2 Å². The maximum Gasteiger partial charge on any atom is 0.416 e. The lowest BCUT2D eigenvalue weighted by molar-refractivity contribution is -0.138. The van der Waals surface area contributed by atoms with E-state index in [0.29, 0.717) is 6.42 Å². The van der Waals surface area contributed by atoms with Crippen molar-refractivity contribution in [3.8, 4) is 0 Å². The predicted octanol–water partition coefficient (Wildman–Crippen LogP) is 3.17. The van der Waals surface area contributed by atoms with Gasteiger partial charge < -0.3 is 10.4 Å². The maximum absolute atomic E-state index is 13.0. The molecule has 1 atom stereocenters. The zero-order valence-corrected chi connectivity index (χ0v) is 12.4. The summed E-state index contributed by atoms with van der Waals surface area (Å²) in [5.41, 5.74) is -0.869. The molecule has 0 bridgehead atoms. The fourth-order valence-electron chi connectivity index (χ4n) is 2.16. The average Bonchev–Trinajstić information content (AvgIpc) is 2.43. The van der Waals surface area contributed by atoms with Crippen LogP contribution in [0.1, 0.15) is 30.4 Å². The molecule has 0 aliphatic rings. The van der Waals surface area contributed by atoms with E-state index in [1.54, 1.807) is 0 Å². The van der Waals surface area contributed by atoms with E-state index < -0.39 is 36.1 Å². The molecule has 0 fully saturated rings. The molecule has 23 heavy (non-hydrogen) atoms. The summed E-state index contributed by atoms with van der Waals surface area (Å²) in [6, 6.07) is 4.02. The van der Waals surface area contributed by atoms with E-state index in [-0.39, 0.29) is 18.4 Å². The van der Waals surface area contributed by atoms with Crippen molar-refractivity contribution in [1.29, 1.82) is 0 Å². The Labute approximate surface area is 132 Å². The number of carboxylic acids is 1. The van der Waals surface area contributed by atoms with Crippen molar-refractivity contribution >= 4 is 11.9 Å². The van der Waals surface area contributed by atoms with E-state index in [9.17, 15) is 22.8 Å². The van der Waals surface area contributed by atoms with E-state index in [2.05, 4.69) is 11.9 Å². The van der Waals surface area contributed by atoms with Crippen LogP contribution in [0.15, 0.2) is 36.9 Å². The third kappa shape index (κ3) is 6.54. The van der Waals surface area contributed by atoms with Gasteiger partial charge in [-0.15, -0.1) is 6.58 Å². The second-order valence-corrected chi connectivity index (χ2v) is 5.05. The molecule has 1 aromatic rings. The molecule has 0 heterocycles. The van der Waals surface area contributed by atoms with Crippen molar-refractivity contribution < 1.29 is 27.9 Å². The molecule has 0 saturated heterocycles. The summed E-state index contributed by atoms with van der Waals surface area (Å²) in [7, 11) is 0. The number of halogens is 3. The minimum Gasteiger partial charge on any atom is -0.481 e. The molecule has 126 valence electrons. The number of amides is 1. The number of carbonyl (C=O) groups is 2. The Morgan fingerprint density at radius 1 is 1.30 bits per heavy atom. The van der Waals surface area contributed by atoms with Gasteiger partial charge in [0.25, 0.3) is 0 Å². The Kier molecular flexibility index (Phi) is 6.81. The van der Waals surface area contributed by atoms with E-state index in [1.807, 2.05) is 0 Å². The minimum atomic E-state index is -4.53. The quantitative estimate of drug-likeness (QED) is 0.720. The van der Waals surface area contributed by atoms with Gasteiger partial charge in [0.05, 0.1) is 12.0 Å². The highest BCUT2D eigenvalue weighted by atomic mass is 19.4. The van der Waals surface area contributed by atoms with Gasteiger partial charge in [0.1, 0.15) is 0 Å². The van der Waals surface area contributed by atoms with Crippen LogP contribution in [0.3, 0.4) is 0 Å². The number of alkyl halides is 3. The van der Waals surface area contributed by atoms with Gasteiger partial charge in [-0.2, -0.15) is 13.2 Å². The fourth-order valence-corrected chi connectivity index (χ4v) is 2.16. The number of carboxylic acid groups (broad SMARTS) is 1. The molecule has 0 aliphatic carbocycles. The van der Waals surface area contributed by atoms with Gasteiger partial charge >= 0.3 is 12.1 Å². The maximum atomic E-state index is 13.0. The predicted molar refractivity (Wildman–Crippen MR) is 78.8 cm³/mol. The first-order valence-electron chi connectivity index (χ1n) is 7.01. The standard InChI is InChI=1S/C16H18F3NO3/c1-2-3-8-14(21)20-12(10-15(22)23)9-11-6-4-5-7-13(11)16(17,18)19/h2,4-7,12H,1,3,8-10H2,(H,20,21)(H,22,23)/t12-/m1/s1. The van der Waals surface area contributed by atoms with Crippen LogP contribution in [-0.2, 0) is 22.2 Å². The van der Waals surface area contributed by atoms with Crippen molar-refractivity contribution in [2.45, 2.75) is 37.9 Å². The molecule has 1 aromatic carbocycles.